The first-order chi connectivity index (χ1) is 11.9. The van der Waals surface area contributed by atoms with Crippen molar-refractivity contribution >= 4 is 53.7 Å². The first-order valence-electron chi connectivity index (χ1n) is 8.05. The quantitative estimate of drug-likeness (QED) is 0.370. The summed E-state index contributed by atoms with van der Waals surface area (Å²) in [7, 11) is 0. The number of rotatable bonds is 2. The van der Waals surface area contributed by atoms with Crippen LogP contribution in [0.1, 0.15) is 0 Å². The lowest BCUT2D eigenvalue weighted by Crippen LogP contribution is -1.91. The largest absolute Gasteiger partial charge is 0.354 e. The number of thiophene rings is 1. The van der Waals surface area contributed by atoms with Crippen molar-refractivity contribution in [2.45, 2.75) is 0 Å². The molecule has 0 spiro atoms. The fourth-order valence-corrected chi connectivity index (χ4v) is 4.50. The first kappa shape index (κ1) is 13.6. The molecule has 1 nitrogen and oxygen atoms in total. The molecule has 0 radical (unpaired) electrons. The number of fused-ring (bicyclic) bond motifs is 4. The van der Waals surface area contributed by atoms with Crippen LogP contribution in [0.4, 0.5) is 11.4 Å². The molecule has 0 atom stereocenters. The summed E-state index contributed by atoms with van der Waals surface area (Å²) in [5.74, 6) is 0. The average molecular weight is 325 g/mol. The highest BCUT2D eigenvalue weighted by atomic mass is 32.1. The zero-order chi connectivity index (χ0) is 15.9. The molecule has 1 heterocycles. The molecule has 5 rings (SSSR count). The molecule has 4 aromatic carbocycles. The van der Waals surface area contributed by atoms with E-state index in [4.69, 9.17) is 0 Å². The number of hydrogen-bond donors (Lipinski definition) is 1. The third kappa shape index (κ3) is 2.08. The molecule has 5 aromatic rings. The van der Waals surface area contributed by atoms with Gasteiger partial charge in [0, 0.05) is 26.5 Å². The predicted octanol–water partition coefficient (Wildman–Crippen LogP) is 6.95. The number of benzene rings is 4. The summed E-state index contributed by atoms with van der Waals surface area (Å²) in [5, 5.41) is 8.82. The number of anilines is 2. The molecule has 24 heavy (non-hydrogen) atoms. The highest BCUT2D eigenvalue weighted by Crippen LogP contribution is 2.39. The summed E-state index contributed by atoms with van der Waals surface area (Å²) in [5.41, 5.74) is 2.32. The van der Waals surface area contributed by atoms with Crippen molar-refractivity contribution in [1.82, 2.24) is 0 Å². The summed E-state index contributed by atoms with van der Waals surface area (Å²) in [6.07, 6.45) is 0. The van der Waals surface area contributed by atoms with Gasteiger partial charge < -0.3 is 5.32 Å². The summed E-state index contributed by atoms with van der Waals surface area (Å²) in [4.78, 5) is 0. The second-order valence-electron chi connectivity index (χ2n) is 5.93. The van der Waals surface area contributed by atoms with Crippen LogP contribution in [0.25, 0.3) is 30.9 Å². The van der Waals surface area contributed by atoms with Crippen molar-refractivity contribution < 1.29 is 0 Å². The lowest BCUT2D eigenvalue weighted by molar-refractivity contribution is 1.63. The molecule has 0 bridgehead atoms. The topological polar surface area (TPSA) is 12.0 Å². The van der Waals surface area contributed by atoms with Gasteiger partial charge in [0.15, 0.2) is 0 Å². The molecule has 0 aliphatic carbocycles. The maximum absolute atomic E-state index is 3.66. The van der Waals surface area contributed by atoms with Crippen molar-refractivity contribution in [3.8, 4) is 0 Å². The third-order valence-electron chi connectivity index (χ3n) is 4.46. The Bertz CT molecular complexity index is 1180. The zero-order valence-corrected chi connectivity index (χ0v) is 13.8. The van der Waals surface area contributed by atoms with Gasteiger partial charge in [0.05, 0.1) is 10.4 Å². The molecule has 0 amide bonds. The van der Waals surface area contributed by atoms with E-state index >= 15 is 0 Å². The number of nitrogens with one attached hydrogen (secondary N) is 1. The standard InChI is InChI=1S/C22H15NS/c1-2-9-16-15(7-1)8-5-12-19(16)23-20-13-6-11-18-17-10-3-4-14-21(17)24-22(18)20/h1-14,23H. The summed E-state index contributed by atoms with van der Waals surface area (Å²) in [6, 6.07) is 30.0. The minimum atomic E-state index is 1.15. The van der Waals surface area contributed by atoms with E-state index in [1.165, 1.54) is 36.6 Å². The van der Waals surface area contributed by atoms with E-state index in [9.17, 15) is 0 Å². The van der Waals surface area contributed by atoms with Gasteiger partial charge in [0.25, 0.3) is 0 Å². The Morgan fingerprint density at radius 1 is 0.542 bits per heavy atom. The highest BCUT2D eigenvalue weighted by Gasteiger charge is 2.09. The van der Waals surface area contributed by atoms with E-state index in [0.717, 1.165) is 5.69 Å². The smallest absolute Gasteiger partial charge is 0.0590 e. The Balaban J connectivity index is 1.72. The predicted molar refractivity (Wildman–Crippen MR) is 107 cm³/mol. The van der Waals surface area contributed by atoms with E-state index in [-0.39, 0.29) is 0 Å². The Kier molecular flexibility index (Phi) is 3.03. The van der Waals surface area contributed by atoms with Crippen molar-refractivity contribution in [3.05, 3.63) is 84.9 Å². The molecule has 0 aliphatic heterocycles. The normalized spacial score (nSPS) is 11.3. The van der Waals surface area contributed by atoms with Gasteiger partial charge >= 0.3 is 0 Å². The molecule has 0 unspecified atom stereocenters. The van der Waals surface area contributed by atoms with Crippen LogP contribution in [0, 0.1) is 0 Å². The maximum Gasteiger partial charge on any atom is 0.0590 e. The minimum absolute atomic E-state index is 1.15. The minimum Gasteiger partial charge on any atom is -0.354 e. The van der Waals surface area contributed by atoms with Crippen LogP contribution in [0.5, 0.6) is 0 Å². The molecule has 0 aliphatic rings. The molecular weight excluding hydrogens is 310 g/mol. The lowest BCUT2D eigenvalue weighted by Gasteiger charge is -2.10. The van der Waals surface area contributed by atoms with Crippen molar-refractivity contribution in [3.63, 3.8) is 0 Å². The average Bonchev–Trinajstić information content (AvgIpc) is 3.02. The van der Waals surface area contributed by atoms with Crippen molar-refractivity contribution in [2.75, 3.05) is 5.32 Å². The molecule has 1 N–H and O–H groups in total. The molecule has 0 saturated carbocycles. The van der Waals surface area contributed by atoms with Crippen LogP contribution in [-0.2, 0) is 0 Å². The van der Waals surface area contributed by atoms with Crippen LogP contribution >= 0.6 is 11.3 Å². The van der Waals surface area contributed by atoms with Gasteiger partial charge in [-0.3, -0.25) is 0 Å². The fourth-order valence-electron chi connectivity index (χ4n) is 3.33. The van der Waals surface area contributed by atoms with Crippen molar-refractivity contribution in [2.24, 2.45) is 0 Å². The van der Waals surface area contributed by atoms with Gasteiger partial charge in [-0.05, 0) is 23.6 Å². The van der Waals surface area contributed by atoms with Gasteiger partial charge in [-0.15, -0.1) is 11.3 Å². The Morgan fingerprint density at radius 2 is 1.21 bits per heavy atom. The zero-order valence-electron chi connectivity index (χ0n) is 13.0. The van der Waals surface area contributed by atoms with Gasteiger partial charge in [0.2, 0.25) is 0 Å². The highest BCUT2D eigenvalue weighted by molar-refractivity contribution is 7.26. The van der Waals surface area contributed by atoms with Gasteiger partial charge in [-0.1, -0.05) is 66.7 Å². The summed E-state index contributed by atoms with van der Waals surface area (Å²) < 4.78 is 2.64. The molecule has 1 aromatic heterocycles. The van der Waals surface area contributed by atoms with Crippen LogP contribution < -0.4 is 5.32 Å². The molecule has 0 saturated heterocycles. The monoisotopic (exact) mass is 325 g/mol. The third-order valence-corrected chi connectivity index (χ3v) is 5.68. The summed E-state index contributed by atoms with van der Waals surface area (Å²) >= 11 is 1.85. The second-order valence-corrected chi connectivity index (χ2v) is 6.98. The Labute approximate surface area is 144 Å². The molecular formula is C22H15NS. The Hall–Kier alpha value is -2.84. The molecule has 114 valence electrons. The van der Waals surface area contributed by atoms with E-state index in [1.54, 1.807) is 0 Å². The van der Waals surface area contributed by atoms with Crippen molar-refractivity contribution in [1.29, 1.82) is 0 Å². The van der Waals surface area contributed by atoms with Crippen LogP contribution in [-0.4, -0.2) is 0 Å². The fraction of sp³-hybridized carbons (Fsp3) is 0. The van der Waals surface area contributed by atoms with E-state index in [1.807, 2.05) is 11.3 Å². The Morgan fingerprint density at radius 3 is 2.17 bits per heavy atom. The maximum atomic E-state index is 3.66. The van der Waals surface area contributed by atoms with Crippen LogP contribution in [0.15, 0.2) is 84.9 Å². The molecule has 0 fully saturated rings. The van der Waals surface area contributed by atoms with Gasteiger partial charge in [-0.2, -0.15) is 0 Å². The second kappa shape index (κ2) is 5.36. The van der Waals surface area contributed by atoms with E-state index < -0.39 is 0 Å². The van der Waals surface area contributed by atoms with Gasteiger partial charge in [0.1, 0.15) is 0 Å². The SMILES string of the molecule is c1ccc2c(Nc3cccc4c3sc3ccccc34)cccc2c1. The number of hydrogen-bond acceptors (Lipinski definition) is 2. The van der Waals surface area contributed by atoms with E-state index in [0.29, 0.717) is 0 Å². The lowest BCUT2D eigenvalue weighted by atomic mass is 10.1. The first-order valence-corrected chi connectivity index (χ1v) is 8.87. The summed E-state index contributed by atoms with van der Waals surface area (Å²) in [6.45, 7) is 0. The van der Waals surface area contributed by atoms with Gasteiger partial charge in [-0.25, -0.2) is 0 Å². The van der Waals surface area contributed by atoms with Crippen LogP contribution in [0.3, 0.4) is 0 Å². The van der Waals surface area contributed by atoms with Crippen LogP contribution in [0.2, 0.25) is 0 Å². The van der Waals surface area contributed by atoms with E-state index in [2.05, 4.69) is 90.2 Å². The molecule has 2 heteroatoms.